The van der Waals surface area contributed by atoms with E-state index in [1.807, 2.05) is 0 Å². The second-order valence-corrected chi connectivity index (χ2v) is 7.26. The number of alkyl halides is 6. The molecule has 14 heteroatoms. The maximum absolute atomic E-state index is 13.9. The molecule has 0 radical (unpaired) electrons. The molecule has 2 atom stereocenters. The minimum Gasteiger partial charge on any atom is -0.403 e. The van der Waals surface area contributed by atoms with Gasteiger partial charge in [-0.3, -0.25) is 9.78 Å². The Bertz CT molecular complexity index is 1060. The molecule has 1 aromatic carbocycles. The summed E-state index contributed by atoms with van der Waals surface area (Å²) in [5, 5.41) is 5.01. The number of ether oxygens (including phenoxy) is 1. The third kappa shape index (κ3) is 5.85. The fraction of sp³-hybridized carbons (Fsp3) is 0.350. The molecule has 0 bridgehead atoms. The average Bonchev–Trinajstić information content (AvgIpc) is 2.74. The number of amides is 3. The molecule has 2 N–H and O–H groups in total. The van der Waals surface area contributed by atoms with Crippen LogP contribution in [0.3, 0.4) is 0 Å². The minimum atomic E-state index is -5.22. The molecule has 34 heavy (non-hydrogen) atoms. The van der Waals surface area contributed by atoms with Gasteiger partial charge in [0.2, 0.25) is 5.91 Å². The average molecular weight is 494 g/mol. The Balaban J connectivity index is 1.99. The molecule has 0 unspecified atom stereocenters. The number of nitrogens with zero attached hydrogens (tertiary/aromatic N) is 2. The quantitative estimate of drug-likeness (QED) is 0.635. The Hall–Kier alpha value is -3.58. The van der Waals surface area contributed by atoms with Crippen molar-refractivity contribution in [1.29, 1.82) is 0 Å². The van der Waals surface area contributed by atoms with Crippen LogP contribution >= 0.6 is 0 Å². The van der Waals surface area contributed by atoms with E-state index in [0.29, 0.717) is 18.2 Å². The molecule has 3 rings (SSSR count). The summed E-state index contributed by atoms with van der Waals surface area (Å²) in [6, 6.07) is 0.890. The van der Waals surface area contributed by atoms with E-state index in [4.69, 9.17) is 0 Å². The van der Waals surface area contributed by atoms with E-state index in [1.54, 1.807) is 0 Å². The smallest absolute Gasteiger partial charge is 0.403 e. The van der Waals surface area contributed by atoms with Gasteiger partial charge in [-0.1, -0.05) is 12.1 Å². The molecule has 1 fully saturated rings. The second-order valence-electron chi connectivity index (χ2n) is 7.26. The number of aromatic nitrogens is 1. The monoisotopic (exact) mass is 494 g/mol. The first kappa shape index (κ1) is 25.1. The van der Waals surface area contributed by atoms with Crippen molar-refractivity contribution in [3.05, 3.63) is 59.2 Å². The third-order valence-corrected chi connectivity index (χ3v) is 4.95. The molecule has 1 aliphatic rings. The molecule has 0 saturated carbocycles. The van der Waals surface area contributed by atoms with E-state index < -0.39 is 53.8 Å². The summed E-state index contributed by atoms with van der Waals surface area (Å²) in [5.41, 5.74) is -1.41. The molecular weight excluding hydrogens is 477 g/mol. The first-order valence-electron chi connectivity index (χ1n) is 9.69. The van der Waals surface area contributed by atoms with Crippen LogP contribution in [0.4, 0.5) is 35.5 Å². The number of hydrogen-bond acceptors (Lipinski definition) is 4. The number of carbonyl (C=O) groups excluding carboxylic acids is 2. The number of carbonyl (C=O) groups is 2. The van der Waals surface area contributed by atoms with Crippen LogP contribution in [0, 0.1) is 5.82 Å². The van der Waals surface area contributed by atoms with Gasteiger partial charge in [-0.15, -0.1) is 13.2 Å². The van der Waals surface area contributed by atoms with Gasteiger partial charge < -0.3 is 20.3 Å². The third-order valence-electron chi connectivity index (χ3n) is 4.95. The van der Waals surface area contributed by atoms with Gasteiger partial charge in [-0.05, 0) is 36.2 Å². The number of piperazine rings is 1. The van der Waals surface area contributed by atoms with Crippen LogP contribution in [0.2, 0.25) is 0 Å². The van der Waals surface area contributed by atoms with Crippen molar-refractivity contribution in [2.75, 3.05) is 13.1 Å². The zero-order chi connectivity index (χ0) is 25.3. The van der Waals surface area contributed by atoms with Crippen molar-refractivity contribution in [3.63, 3.8) is 0 Å². The van der Waals surface area contributed by atoms with Crippen LogP contribution in [0.25, 0.3) is 0 Å². The molecular formula is C20H17F7N4O3. The minimum absolute atomic E-state index is 0.0416. The van der Waals surface area contributed by atoms with Gasteiger partial charge in [0.25, 0.3) is 0 Å². The highest BCUT2D eigenvalue weighted by atomic mass is 19.4. The molecule has 184 valence electrons. The Morgan fingerprint density at radius 2 is 1.85 bits per heavy atom. The standard InChI is InChI=1S/C20H17F7N4O3/c1-10-17(32)28-6-7-31(10)18(33)30-16(12-3-5-15(29-9-12)19(22,23)24)11-2-4-13(21)14(8-11)34-20(25,26)27/h2-5,8-10,16H,6-7H2,1H3,(H,28,32)(H,30,33)/t10-,16+/m1/s1. The van der Waals surface area contributed by atoms with E-state index in [-0.39, 0.29) is 24.2 Å². The van der Waals surface area contributed by atoms with Crippen molar-refractivity contribution in [3.8, 4) is 5.75 Å². The summed E-state index contributed by atoms with van der Waals surface area (Å²) < 4.78 is 94.2. The topological polar surface area (TPSA) is 83.6 Å². The second kappa shape index (κ2) is 9.35. The van der Waals surface area contributed by atoms with Crippen LogP contribution in [-0.2, 0) is 11.0 Å². The maximum atomic E-state index is 13.9. The lowest BCUT2D eigenvalue weighted by atomic mass is 9.99. The summed E-state index contributed by atoms with van der Waals surface area (Å²) >= 11 is 0. The number of nitrogens with one attached hydrogen (secondary N) is 2. The highest BCUT2D eigenvalue weighted by Gasteiger charge is 2.35. The summed E-state index contributed by atoms with van der Waals surface area (Å²) in [4.78, 5) is 29.2. The lowest BCUT2D eigenvalue weighted by molar-refractivity contribution is -0.275. The number of hydrogen-bond donors (Lipinski definition) is 2. The Labute approximate surface area is 187 Å². The number of benzene rings is 1. The first-order valence-corrected chi connectivity index (χ1v) is 9.69. The summed E-state index contributed by atoms with van der Waals surface area (Å²) in [5.74, 6) is -3.00. The predicted octanol–water partition coefficient (Wildman–Crippen LogP) is 3.76. The fourth-order valence-corrected chi connectivity index (χ4v) is 3.27. The van der Waals surface area contributed by atoms with Gasteiger partial charge >= 0.3 is 18.6 Å². The molecule has 3 amide bonds. The van der Waals surface area contributed by atoms with Crippen molar-refractivity contribution in [2.24, 2.45) is 0 Å². The van der Waals surface area contributed by atoms with Crippen LogP contribution < -0.4 is 15.4 Å². The number of urea groups is 1. The Morgan fingerprint density at radius 1 is 1.18 bits per heavy atom. The lowest BCUT2D eigenvalue weighted by Gasteiger charge is -2.34. The van der Waals surface area contributed by atoms with Gasteiger partial charge in [0, 0.05) is 19.3 Å². The predicted molar refractivity (Wildman–Crippen MR) is 102 cm³/mol. The van der Waals surface area contributed by atoms with Gasteiger partial charge in [-0.2, -0.15) is 13.2 Å². The van der Waals surface area contributed by atoms with E-state index in [2.05, 4.69) is 20.4 Å². The molecule has 2 heterocycles. The van der Waals surface area contributed by atoms with E-state index >= 15 is 0 Å². The fourth-order valence-electron chi connectivity index (χ4n) is 3.27. The van der Waals surface area contributed by atoms with E-state index in [0.717, 1.165) is 23.2 Å². The maximum Gasteiger partial charge on any atom is 0.573 e. The normalized spacial score (nSPS) is 17.7. The van der Waals surface area contributed by atoms with Gasteiger partial charge in [0.15, 0.2) is 11.6 Å². The van der Waals surface area contributed by atoms with Crippen LogP contribution in [-0.4, -0.2) is 47.3 Å². The molecule has 1 aliphatic heterocycles. The zero-order valence-corrected chi connectivity index (χ0v) is 17.3. The molecule has 1 aromatic heterocycles. The number of halogens is 7. The highest BCUT2D eigenvalue weighted by molar-refractivity contribution is 5.88. The largest absolute Gasteiger partial charge is 0.573 e. The highest BCUT2D eigenvalue weighted by Crippen LogP contribution is 2.32. The lowest BCUT2D eigenvalue weighted by Crippen LogP contribution is -2.58. The van der Waals surface area contributed by atoms with Crippen LogP contribution in [0.5, 0.6) is 5.75 Å². The van der Waals surface area contributed by atoms with Crippen molar-refractivity contribution >= 4 is 11.9 Å². The Morgan fingerprint density at radius 3 is 2.44 bits per heavy atom. The van der Waals surface area contributed by atoms with Crippen molar-refractivity contribution in [2.45, 2.75) is 31.5 Å². The molecule has 0 aliphatic carbocycles. The molecule has 1 saturated heterocycles. The summed E-state index contributed by atoms with van der Waals surface area (Å²) in [6.07, 6.45) is -9.18. The van der Waals surface area contributed by atoms with Gasteiger partial charge in [0.05, 0.1) is 6.04 Å². The number of rotatable bonds is 4. The summed E-state index contributed by atoms with van der Waals surface area (Å²) in [7, 11) is 0. The van der Waals surface area contributed by atoms with Crippen LogP contribution in [0.1, 0.15) is 29.8 Å². The zero-order valence-electron chi connectivity index (χ0n) is 17.3. The molecule has 2 aromatic rings. The molecule has 7 nitrogen and oxygen atoms in total. The number of pyridine rings is 1. The molecule has 0 spiro atoms. The van der Waals surface area contributed by atoms with E-state index in [9.17, 15) is 40.3 Å². The first-order chi connectivity index (χ1) is 15.8. The van der Waals surface area contributed by atoms with Crippen molar-refractivity contribution < 1.29 is 45.1 Å². The van der Waals surface area contributed by atoms with Crippen molar-refractivity contribution in [1.82, 2.24) is 20.5 Å². The summed E-state index contributed by atoms with van der Waals surface area (Å²) in [6.45, 7) is 1.68. The van der Waals surface area contributed by atoms with Crippen LogP contribution in [0.15, 0.2) is 36.5 Å². The van der Waals surface area contributed by atoms with E-state index in [1.165, 1.54) is 6.92 Å². The Kier molecular flexibility index (Phi) is 6.89. The van der Waals surface area contributed by atoms with Gasteiger partial charge in [0.1, 0.15) is 11.7 Å². The SMILES string of the molecule is C[C@@H]1C(=O)NCCN1C(=O)N[C@H](c1ccc(C(F)(F)F)nc1)c1ccc(F)c(OC(F)(F)F)c1. The van der Waals surface area contributed by atoms with Gasteiger partial charge in [-0.25, -0.2) is 9.18 Å².